The van der Waals surface area contributed by atoms with Crippen molar-refractivity contribution < 1.29 is 14.3 Å². The molecule has 3 rings (SSSR count). The molecule has 25 heavy (non-hydrogen) atoms. The standard InChI is InChI=1S/C19H16BrNO3S/c1-12-4-3-5-14(8-12)11-24-16-7-6-13(9-15(16)20)10-17-18(22)21(2)19(23)25-17/h3-10H,11H2,1-2H3/b17-10-. The minimum absolute atomic E-state index is 0.256. The van der Waals surface area contributed by atoms with Gasteiger partial charge in [0.25, 0.3) is 11.1 Å². The zero-order valence-electron chi connectivity index (χ0n) is 13.8. The van der Waals surface area contributed by atoms with Crippen LogP contribution in [0.3, 0.4) is 0 Å². The number of carbonyl (C=O) groups is 2. The van der Waals surface area contributed by atoms with E-state index in [0.717, 1.165) is 38.0 Å². The molecule has 0 bridgehead atoms. The average Bonchev–Trinajstić information content (AvgIpc) is 2.81. The molecule has 1 heterocycles. The molecular formula is C19H16BrNO3S. The largest absolute Gasteiger partial charge is 0.488 e. The molecule has 1 saturated heterocycles. The van der Waals surface area contributed by atoms with Gasteiger partial charge in [-0.2, -0.15) is 0 Å². The Bertz CT molecular complexity index is 879. The lowest BCUT2D eigenvalue weighted by Crippen LogP contribution is -2.22. The molecule has 0 unspecified atom stereocenters. The summed E-state index contributed by atoms with van der Waals surface area (Å²) in [6, 6.07) is 13.7. The smallest absolute Gasteiger partial charge is 0.293 e. The normalized spacial score (nSPS) is 16.0. The van der Waals surface area contributed by atoms with Gasteiger partial charge in [0.05, 0.1) is 9.38 Å². The van der Waals surface area contributed by atoms with Gasteiger partial charge in [-0.25, -0.2) is 0 Å². The van der Waals surface area contributed by atoms with Crippen molar-refractivity contribution in [3.8, 4) is 5.75 Å². The van der Waals surface area contributed by atoms with E-state index < -0.39 is 0 Å². The topological polar surface area (TPSA) is 46.6 Å². The highest BCUT2D eigenvalue weighted by Gasteiger charge is 2.31. The van der Waals surface area contributed by atoms with E-state index in [9.17, 15) is 9.59 Å². The van der Waals surface area contributed by atoms with Crippen LogP contribution in [0.4, 0.5) is 4.79 Å². The van der Waals surface area contributed by atoms with Crippen molar-refractivity contribution in [3.63, 3.8) is 0 Å². The molecule has 2 amide bonds. The number of halogens is 1. The molecule has 0 atom stereocenters. The van der Waals surface area contributed by atoms with Crippen molar-refractivity contribution in [1.29, 1.82) is 0 Å². The van der Waals surface area contributed by atoms with Gasteiger partial charge in [0.2, 0.25) is 0 Å². The highest BCUT2D eigenvalue weighted by atomic mass is 79.9. The van der Waals surface area contributed by atoms with Crippen LogP contribution in [0.15, 0.2) is 51.8 Å². The van der Waals surface area contributed by atoms with Crippen LogP contribution in [-0.4, -0.2) is 23.1 Å². The van der Waals surface area contributed by atoms with Gasteiger partial charge in [-0.15, -0.1) is 0 Å². The molecule has 1 aliphatic heterocycles. The Labute approximate surface area is 159 Å². The summed E-state index contributed by atoms with van der Waals surface area (Å²) in [6.45, 7) is 2.53. The van der Waals surface area contributed by atoms with Gasteiger partial charge >= 0.3 is 0 Å². The van der Waals surface area contributed by atoms with Crippen LogP contribution in [-0.2, 0) is 11.4 Å². The van der Waals surface area contributed by atoms with E-state index in [2.05, 4.69) is 22.0 Å². The Balaban J connectivity index is 1.73. The molecule has 0 spiro atoms. The van der Waals surface area contributed by atoms with Gasteiger partial charge in [0, 0.05) is 7.05 Å². The van der Waals surface area contributed by atoms with E-state index >= 15 is 0 Å². The first-order valence-corrected chi connectivity index (χ1v) is 9.24. The second kappa shape index (κ2) is 7.45. The lowest BCUT2D eigenvalue weighted by Gasteiger charge is -2.09. The minimum atomic E-state index is -0.272. The third kappa shape index (κ3) is 4.14. The molecule has 0 aliphatic carbocycles. The van der Waals surface area contributed by atoms with Crippen molar-refractivity contribution in [2.75, 3.05) is 7.05 Å². The van der Waals surface area contributed by atoms with Crippen LogP contribution in [0.2, 0.25) is 0 Å². The maximum absolute atomic E-state index is 11.9. The molecule has 128 valence electrons. The zero-order chi connectivity index (χ0) is 18.0. The van der Waals surface area contributed by atoms with E-state index in [1.54, 1.807) is 6.08 Å². The summed E-state index contributed by atoms with van der Waals surface area (Å²) in [5.41, 5.74) is 3.13. The van der Waals surface area contributed by atoms with Crippen molar-refractivity contribution in [2.45, 2.75) is 13.5 Å². The SMILES string of the molecule is Cc1cccc(COc2ccc(/C=C3\SC(=O)N(C)C3=O)cc2Br)c1. The molecule has 2 aromatic carbocycles. The Morgan fingerprint density at radius 2 is 2.00 bits per heavy atom. The molecule has 1 fully saturated rings. The molecule has 2 aromatic rings. The van der Waals surface area contributed by atoms with E-state index in [-0.39, 0.29) is 11.1 Å². The number of amides is 2. The van der Waals surface area contributed by atoms with Gasteiger partial charge in [0.1, 0.15) is 12.4 Å². The molecule has 0 N–H and O–H groups in total. The number of likely N-dealkylation sites (N-methyl/N-ethyl adjacent to an activating group) is 1. The summed E-state index contributed by atoms with van der Waals surface area (Å²) < 4.78 is 6.65. The Kier molecular flexibility index (Phi) is 5.30. The third-order valence-electron chi connectivity index (χ3n) is 3.72. The second-order valence-electron chi connectivity index (χ2n) is 5.71. The summed E-state index contributed by atoms with van der Waals surface area (Å²) in [6.07, 6.45) is 1.71. The summed E-state index contributed by atoms with van der Waals surface area (Å²) >= 11 is 4.45. The van der Waals surface area contributed by atoms with Crippen molar-refractivity contribution in [1.82, 2.24) is 4.90 Å². The van der Waals surface area contributed by atoms with Crippen molar-refractivity contribution >= 4 is 44.9 Å². The molecule has 4 nitrogen and oxygen atoms in total. The van der Waals surface area contributed by atoms with E-state index in [0.29, 0.717) is 11.5 Å². The Morgan fingerprint density at radius 1 is 1.20 bits per heavy atom. The second-order valence-corrected chi connectivity index (χ2v) is 7.56. The van der Waals surface area contributed by atoms with Crippen molar-refractivity contribution in [2.24, 2.45) is 0 Å². The van der Waals surface area contributed by atoms with Crippen LogP contribution >= 0.6 is 27.7 Å². The fourth-order valence-electron chi connectivity index (χ4n) is 2.38. The van der Waals surface area contributed by atoms with Crippen LogP contribution in [0.1, 0.15) is 16.7 Å². The van der Waals surface area contributed by atoms with E-state index in [1.165, 1.54) is 12.6 Å². The number of hydrogen-bond donors (Lipinski definition) is 0. The molecule has 1 aliphatic rings. The number of ether oxygens (including phenoxy) is 1. The lowest BCUT2D eigenvalue weighted by molar-refractivity contribution is -0.121. The minimum Gasteiger partial charge on any atom is -0.488 e. The Morgan fingerprint density at radius 3 is 2.64 bits per heavy atom. The maximum Gasteiger partial charge on any atom is 0.293 e. The number of nitrogens with zero attached hydrogens (tertiary/aromatic N) is 1. The first kappa shape index (κ1) is 17.8. The highest BCUT2D eigenvalue weighted by molar-refractivity contribution is 9.10. The van der Waals surface area contributed by atoms with Crippen molar-refractivity contribution in [3.05, 3.63) is 68.5 Å². The van der Waals surface area contributed by atoms with Crippen LogP contribution in [0, 0.1) is 6.92 Å². The number of imide groups is 1. The molecule has 0 saturated carbocycles. The molecule has 0 radical (unpaired) electrons. The first-order valence-electron chi connectivity index (χ1n) is 7.63. The first-order chi connectivity index (χ1) is 11.9. The quantitative estimate of drug-likeness (QED) is 0.656. The number of hydrogen-bond acceptors (Lipinski definition) is 4. The predicted molar refractivity (Wildman–Crippen MR) is 103 cm³/mol. The van der Waals surface area contributed by atoms with Gasteiger partial charge < -0.3 is 4.74 Å². The summed E-state index contributed by atoms with van der Waals surface area (Å²) in [7, 11) is 1.48. The Hall–Kier alpha value is -2.05. The van der Waals surface area contributed by atoms with E-state index in [1.807, 2.05) is 43.3 Å². The summed E-state index contributed by atoms with van der Waals surface area (Å²) in [4.78, 5) is 25.0. The highest BCUT2D eigenvalue weighted by Crippen LogP contribution is 2.33. The van der Waals surface area contributed by atoms with E-state index in [4.69, 9.17) is 4.74 Å². The number of carbonyl (C=O) groups excluding carboxylic acids is 2. The van der Waals surface area contributed by atoms with Gasteiger partial charge in [-0.3, -0.25) is 14.5 Å². The van der Waals surface area contributed by atoms with Gasteiger partial charge in [-0.1, -0.05) is 35.9 Å². The summed E-state index contributed by atoms with van der Waals surface area (Å²) in [5.74, 6) is 0.452. The number of aryl methyl sites for hydroxylation is 1. The third-order valence-corrected chi connectivity index (χ3v) is 5.30. The number of benzene rings is 2. The zero-order valence-corrected chi connectivity index (χ0v) is 16.2. The number of thioether (sulfide) groups is 1. The lowest BCUT2D eigenvalue weighted by atomic mass is 10.1. The van der Waals surface area contributed by atoms with Crippen LogP contribution in [0.5, 0.6) is 5.75 Å². The number of rotatable bonds is 4. The fraction of sp³-hybridized carbons (Fsp3) is 0.158. The molecule has 0 aromatic heterocycles. The van der Waals surface area contributed by atoms with Crippen LogP contribution < -0.4 is 4.74 Å². The average molecular weight is 418 g/mol. The van der Waals surface area contributed by atoms with Gasteiger partial charge in [0.15, 0.2) is 0 Å². The maximum atomic E-state index is 11.9. The van der Waals surface area contributed by atoms with Crippen LogP contribution in [0.25, 0.3) is 6.08 Å². The monoisotopic (exact) mass is 417 g/mol. The molecular weight excluding hydrogens is 402 g/mol. The molecule has 6 heteroatoms. The predicted octanol–water partition coefficient (Wildman–Crippen LogP) is 5.00. The van der Waals surface area contributed by atoms with Gasteiger partial charge in [-0.05, 0) is 64.0 Å². The fourth-order valence-corrected chi connectivity index (χ4v) is 3.72. The summed E-state index contributed by atoms with van der Waals surface area (Å²) in [5, 5.41) is -0.256.